The van der Waals surface area contributed by atoms with Crippen LogP contribution in [-0.2, 0) is 18.1 Å². The number of rotatable bonds is 5. The molecule has 6 heteroatoms. The molecule has 66 valence electrons. The Labute approximate surface area is 72.6 Å². The number of hydrogen-bond acceptors (Lipinski definition) is 4. The van der Waals surface area contributed by atoms with Crippen LogP contribution in [0.4, 0.5) is 0 Å². The Bertz CT molecular complexity index is 128. The van der Waals surface area contributed by atoms with Crippen molar-refractivity contribution in [3.05, 3.63) is 0 Å². The number of thiol groups is 1. The average Bonchev–Trinajstić information content (AvgIpc) is 2.00. The molecule has 0 aromatic heterocycles. The molecule has 0 bridgehead atoms. The van der Waals surface area contributed by atoms with Gasteiger partial charge in [0.25, 0.3) is 0 Å². The maximum atomic E-state index is 10.6. The van der Waals surface area contributed by atoms with Gasteiger partial charge in [-0.05, 0) is 0 Å². The van der Waals surface area contributed by atoms with Crippen molar-refractivity contribution in [1.82, 2.24) is 0 Å². The first-order valence-corrected chi connectivity index (χ1v) is 5.35. The van der Waals surface area contributed by atoms with Crippen LogP contribution in [0.3, 0.4) is 0 Å². The van der Waals surface area contributed by atoms with Gasteiger partial charge < -0.3 is 13.3 Å². The molecule has 0 N–H and O–H groups in total. The first kappa shape index (κ1) is 11.1. The first-order valence-electron chi connectivity index (χ1n) is 2.97. The molecule has 0 heterocycles. The summed E-state index contributed by atoms with van der Waals surface area (Å²) in [5, 5.41) is -0.290. The van der Waals surface area contributed by atoms with Crippen LogP contribution in [0, 0.1) is 0 Å². The molecule has 0 saturated carbocycles. The van der Waals surface area contributed by atoms with Gasteiger partial charge in [-0.3, -0.25) is 4.79 Å². The number of carbonyl (C=O) groups excluding carboxylic acids is 1. The molecular formula is C5H12O4SSi. The molecule has 0 aliphatic heterocycles. The van der Waals surface area contributed by atoms with E-state index in [4.69, 9.17) is 13.3 Å². The molecule has 0 spiro atoms. The summed E-state index contributed by atoms with van der Waals surface area (Å²) in [5.74, 6) is 0. The monoisotopic (exact) mass is 196 g/mol. The molecule has 0 radical (unpaired) electrons. The molecule has 0 aromatic rings. The fourth-order valence-electron chi connectivity index (χ4n) is 0.652. The molecule has 0 amide bonds. The van der Waals surface area contributed by atoms with E-state index in [1.54, 1.807) is 0 Å². The molecule has 0 saturated heterocycles. The molecule has 11 heavy (non-hydrogen) atoms. The predicted molar refractivity (Wildman–Crippen MR) is 45.6 cm³/mol. The SMILES string of the molecule is CO[Si](CC(=O)S)(OC)OC. The molecule has 0 atom stereocenters. The maximum Gasteiger partial charge on any atom is 0.508 e. The Balaban J connectivity index is 4.16. The van der Waals surface area contributed by atoms with Crippen molar-refractivity contribution >= 4 is 26.5 Å². The van der Waals surface area contributed by atoms with Crippen LogP contribution in [0.25, 0.3) is 0 Å². The van der Waals surface area contributed by atoms with E-state index < -0.39 is 8.80 Å². The molecule has 0 unspecified atom stereocenters. The van der Waals surface area contributed by atoms with Crippen molar-refractivity contribution in [2.24, 2.45) is 0 Å². The third-order valence-electron chi connectivity index (χ3n) is 1.30. The normalized spacial score (nSPS) is 11.6. The molecular weight excluding hydrogens is 184 g/mol. The molecule has 0 aliphatic carbocycles. The lowest BCUT2D eigenvalue weighted by Gasteiger charge is -2.22. The summed E-state index contributed by atoms with van der Waals surface area (Å²) in [6, 6.07) is 0.0968. The Morgan fingerprint density at radius 1 is 1.27 bits per heavy atom. The number of carbonyl (C=O) groups is 1. The molecule has 0 aromatic carbocycles. The van der Waals surface area contributed by atoms with Crippen LogP contribution in [0.5, 0.6) is 0 Å². The van der Waals surface area contributed by atoms with Crippen LogP contribution in [-0.4, -0.2) is 35.2 Å². The summed E-state index contributed by atoms with van der Waals surface area (Å²) in [5.41, 5.74) is 0. The van der Waals surface area contributed by atoms with E-state index in [1.807, 2.05) is 0 Å². The maximum absolute atomic E-state index is 10.6. The van der Waals surface area contributed by atoms with Crippen LogP contribution in [0.1, 0.15) is 0 Å². The Hall–Kier alpha value is 0.117. The van der Waals surface area contributed by atoms with Gasteiger partial charge in [0.15, 0.2) is 5.12 Å². The second kappa shape index (κ2) is 4.89. The van der Waals surface area contributed by atoms with Crippen LogP contribution in [0.2, 0.25) is 6.04 Å². The first-order chi connectivity index (χ1) is 5.10. The molecule has 4 nitrogen and oxygen atoms in total. The summed E-state index contributed by atoms with van der Waals surface area (Å²) in [7, 11) is 1.66. The Morgan fingerprint density at radius 3 is 1.73 bits per heavy atom. The van der Waals surface area contributed by atoms with E-state index in [-0.39, 0.29) is 11.2 Å². The second-order valence-corrected chi connectivity index (χ2v) is 5.31. The smallest absolute Gasteiger partial charge is 0.377 e. The van der Waals surface area contributed by atoms with Crippen molar-refractivity contribution in [2.45, 2.75) is 6.04 Å². The predicted octanol–water partition coefficient (Wildman–Crippen LogP) is 0.321. The zero-order valence-corrected chi connectivity index (χ0v) is 8.68. The summed E-state index contributed by atoms with van der Waals surface area (Å²) < 4.78 is 14.9. The van der Waals surface area contributed by atoms with Crippen molar-refractivity contribution in [2.75, 3.05) is 21.3 Å². The van der Waals surface area contributed by atoms with Gasteiger partial charge in [0, 0.05) is 21.3 Å². The van der Waals surface area contributed by atoms with Crippen LogP contribution in [0.15, 0.2) is 0 Å². The topological polar surface area (TPSA) is 44.8 Å². The van der Waals surface area contributed by atoms with Crippen molar-refractivity contribution < 1.29 is 18.1 Å². The lowest BCUT2D eigenvalue weighted by molar-refractivity contribution is -0.109. The van der Waals surface area contributed by atoms with E-state index in [0.29, 0.717) is 0 Å². The van der Waals surface area contributed by atoms with Gasteiger partial charge >= 0.3 is 8.80 Å². The van der Waals surface area contributed by atoms with E-state index in [0.717, 1.165) is 0 Å². The fourth-order valence-corrected chi connectivity index (χ4v) is 2.54. The van der Waals surface area contributed by atoms with E-state index >= 15 is 0 Å². The van der Waals surface area contributed by atoms with Crippen LogP contribution >= 0.6 is 12.6 Å². The third kappa shape index (κ3) is 3.34. The van der Waals surface area contributed by atoms with Gasteiger partial charge in [-0.15, -0.1) is 12.6 Å². The lowest BCUT2D eigenvalue weighted by Crippen LogP contribution is -2.43. The van der Waals surface area contributed by atoms with Crippen LogP contribution < -0.4 is 0 Å². The van der Waals surface area contributed by atoms with Gasteiger partial charge in [-0.2, -0.15) is 0 Å². The molecule has 0 aliphatic rings. The highest BCUT2D eigenvalue weighted by Gasteiger charge is 2.39. The minimum absolute atomic E-state index is 0.0968. The second-order valence-electron chi connectivity index (χ2n) is 1.87. The van der Waals surface area contributed by atoms with Gasteiger partial charge in [-0.1, -0.05) is 0 Å². The quantitative estimate of drug-likeness (QED) is 0.508. The molecule has 0 rings (SSSR count). The minimum Gasteiger partial charge on any atom is -0.377 e. The zero-order valence-electron chi connectivity index (χ0n) is 6.79. The lowest BCUT2D eigenvalue weighted by atomic mass is 10.9. The van der Waals surface area contributed by atoms with Crippen molar-refractivity contribution in [3.63, 3.8) is 0 Å². The Morgan fingerprint density at radius 2 is 1.64 bits per heavy atom. The zero-order chi connectivity index (χ0) is 8.91. The standard InChI is InChI=1S/C5H12O4SSi/c1-7-11(8-2,9-3)4-5(6)10/h4H2,1-3H3,(H,6,10). The Kier molecular flexibility index (Phi) is 4.94. The van der Waals surface area contributed by atoms with Gasteiger partial charge in [0.05, 0.1) is 6.04 Å². The van der Waals surface area contributed by atoms with Gasteiger partial charge in [0.2, 0.25) is 0 Å². The highest BCUT2D eigenvalue weighted by atomic mass is 32.1. The minimum atomic E-state index is -2.71. The summed E-state index contributed by atoms with van der Waals surface area (Å²) in [6.45, 7) is 0. The highest BCUT2D eigenvalue weighted by Crippen LogP contribution is 2.13. The van der Waals surface area contributed by atoms with Crippen molar-refractivity contribution in [1.29, 1.82) is 0 Å². The summed E-state index contributed by atoms with van der Waals surface area (Å²) in [6.07, 6.45) is 0. The summed E-state index contributed by atoms with van der Waals surface area (Å²) >= 11 is 3.61. The molecule has 0 fully saturated rings. The number of hydrogen-bond donors (Lipinski definition) is 1. The van der Waals surface area contributed by atoms with Gasteiger partial charge in [0.1, 0.15) is 0 Å². The van der Waals surface area contributed by atoms with Crippen molar-refractivity contribution in [3.8, 4) is 0 Å². The van der Waals surface area contributed by atoms with Gasteiger partial charge in [-0.25, -0.2) is 0 Å². The highest BCUT2D eigenvalue weighted by molar-refractivity contribution is 7.96. The summed E-state index contributed by atoms with van der Waals surface area (Å²) in [4.78, 5) is 10.6. The van der Waals surface area contributed by atoms with E-state index in [1.165, 1.54) is 21.3 Å². The van der Waals surface area contributed by atoms with E-state index in [2.05, 4.69) is 12.6 Å². The average molecular weight is 196 g/mol. The third-order valence-corrected chi connectivity index (χ3v) is 4.38. The van der Waals surface area contributed by atoms with E-state index in [9.17, 15) is 4.79 Å². The fraction of sp³-hybridized carbons (Fsp3) is 0.800. The largest absolute Gasteiger partial charge is 0.508 e.